The van der Waals surface area contributed by atoms with Crippen molar-refractivity contribution in [2.24, 2.45) is 11.7 Å². The van der Waals surface area contributed by atoms with Crippen molar-refractivity contribution in [3.05, 3.63) is 5.69 Å². The minimum absolute atomic E-state index is 0.0742. The molecule has 2 rings (SSSR count). The van der Waals surface area contributed by atoms with E-state index in [0.29, 0.717) is 12.2 Å². The number of hydrogen-bond donors (Lipinski definition) is 2. The molecular formula is C11H19N5O. The molecule has 1 aromatic heterocycles. The average Bonchev–Trinajstić information content (AvgIpc) is 2.85. The summed E-state index contributed by atoms with van der Waals surface area (Å²) < 4.78 is 1.88. The van der Waals surface area contributed by atoms with Crippen LogP contribution < -0.4 is 16.4 Å². The van der Waals surface area contributed by atoms with Crippen molar-refractivity contribution >= 4 is 17.4 Å². The van der Waals surface area contributed by atoms with E-state index in [-0.39, 0.29) is 11.8 Å². The quantitative estimate of drug-likeness (QED) is 0.780. The number of nitrogens with two attached hydrogens (primary N) is 2. The van der Waals surface area contributed by atoms with Crippen LogP contribution in [0, 0.1) is 12.8 Å². The lowest BCUT2D eigenvalue weighted by Crippen LogP contribution is -2.28. The third kappa shape index (κ3) is 1.94. The number of amides is 1. The Morgan fingerprint density at radius 1 is 1.59 bits per heavy atom. The van der Waals surface area contributed by atoms with E-state index in [0.717, 1.165) is 31.0 Å². The number of anilines is 2. The zero-order valence-electron chi connectivity index (χ0n) is 10.3. The number of carbonyl (C=O) groups excluding carboxylic acids is 1. The van der Waals surface area contributed by atoms with Gasteiger partial charge in [0.05, 0.1) is 17.3 Å². The van der Waals surface area contributed by atoms with Gasteiger partial charge >= 0.3 is 0 Å². The van der Waals surface area contributed by atoms with Gasteiger partial charge in [-0.15, -0.1) is 0 Å². The number of nitrogens with zero attached hydrogens (tertiary/aromatic N) is 3. The molecule has 1 saturated heterocycles. The number of carbonyl (C=O) groups is 1. The van der Waals surface area contributed by atoms with Crippen LogP contribution in [0.3, 0.4) is 0 Å². The summed E-state index contributed by atoms with van der Waals surface area (Å²) >= 11 is 0. The second kappa shape index (κ2) is 4.27. The topological polar surface area (TPSA) is 90.2 Å². The first-order chi connectivity index (χ1) is 8.04. The number of aryl methyl sites for hydroxylation is 2. The molecule has 1 aromatic rings. The molecule has 0 spiro atoms. The van der Waals surface area contributed by atoms with Gasteiger partial charge in [0.15, 0.2) is 5.82 Å². The SMILES string of the molecule is CCn1nc(C)c(N)c1N1CCC(C(N)=O)C1. The van der Waals surface area contributed by atoms with Crippen molar-refractivity contribution < 1.29 is 4.79 Å². The largest absolute Gasteiger partial charge is 0.394 e. The van der Waals surface area contributed by atoms with Gasteiger partial charge in [0.2, 0.25) is 5.91 Å². The highest BCUT2D eigenvalue weighted by Gasteiger charge is 2.30. The summed E-state index contributed by atoms with van der Waals surface area (Å²) in [6.45, 7) is 6.14. The molecule has 1 atom stereocenters. The maximum Gasteiger partial charge on any atom is 0.222 e. The lowest BCUT2D eigenvalue weighted by molar-refractivity contribution is -0.121. The summed E-state index contributed by atoms with van der Waals surface area (Å²) in [5, 5.41) is 4.38. The van der Waals surface area contributed by atoms with Gasteiger partial charge in [0.25, 0.3) is 0 Å². The summed E-state index contributed by atoms with van der Waals surface area (Å²) in [4.78, 5) is 13.3. The van der Waals surface area contributed by atoms with Gasteiger partial charge in [-0.25, -0.2) is 4.68 Å². The first kappa shape index (κ1) is 11.8. The van der Waals surface area contributed by atoms with E-state index >= 15 is 0 Å². The van der Waals surface area contributed by atoms with Gasteiger partial charge in [0.1, 0.15) is 0 Å². The molecule has 1 fully saturated rings. The van der Waals surface area contributed by atoms with Crippen LogP contribution in [0.5, 0.6) is 0 Å². The molecule has 1 unspecified atom stereocenters. The molecule has 0 aromatic carbocycles. The number of aromatic nitrogens is 2. The predicted octanol–water partition coefficient (Wildman–Crippen LogP) is 0.105. The highest BCUT2D eigenvalue weighted by Crippen LogP contribution is 2.30. The Kier molecular flexibility index (Phi) is 2.95. The van der Waals surface area contributed by atoms with Crippen LogP contribution in [0.4, 0.5) is 11.5 Å². The maximum absolute atomic E-state index is 11.2. The lowest BCUT2D eigenvalue weighted by Gasteiger charge is -2.19. The van der Waals surface area contributed by atoms with Gasteiger partial charge in [-0.1, -0.05) is 0 Å². The van der Waals surface area contributed by atoms with Crippen molar-refractivity contribution in [3.63, 3.8) is 0 Å². The maximum atomic E-state index is 11.2. The van der Waals surface area contributed by atoms with Gasteiger partial charge in [-0.3, -0.25) is 4.79 Å². The van der Waals surface area contributed by atoms with Crippen molar-refractivity contribution in [3.8, 4) is 0 Å². The average molecular weight is 237 g/mol. The molecular weight excluding hydrogens is 218 g/mol. The second-order valence-electron chi connectivity index (χ2n) is 4.47. The van der Waals surface area contributed by atoms with Crippen molar-refractivity contribution in [2.45, 2.75) is 26.8 Å². The van der Waals surface area contributed by atoms with Gasteiger partial charge in [0, 0.05) is 19.6 Å². The minimum Gasteiger partial charge on any atom is -0.394 e. The molecule has 6 nitrogen and oxygen atoms in total. The summed E-state index contributed by atoms with van der Waals surface area (Å²) in [5.74, 6) is 0.619. The van der Waals surface area contributed by atoms with Gasteiger partial charge < -0.3 is 16.4 Å². The van der Waals surface area contributed by atoms with E-state index in [2.05, 4.69) is 10.00 Å². The van der Waals surface area contributed by atoms with E-state index in [4.69, 9.17) is 11.5 Å². The minimum atomic E-state index is -0.231. The first-order valence-electron chi connectivity index (χ1n) is 5.91. The van der Waals surface area contributed by atoms with Crippen LogP contribution in [-0.2, 0) is 11.3 Å². The third-order valence-corrected chi connectivity index (χ3v) is 3.34. The lowest BCUT2D eigenvalue weighted by atomic mass is 10.1. The van der Waals surface area contributed by atoms with Crippen LogP contribution in [-0.4, -0.2) is 28.8 Å². The molecule has 0 bridgehead atoms. The Morgan fingerprint density at radius 3 is 2.82 bits per heavy atom. The number of nitrogen functional groups attached to an aromatic ring is 1. The van der Waals surface area contributed by atoms with Crippen molar-refractivity contribution in [2.75, 3.05) is 23.7 Å². The molecule has 1 amide bonds. The molecule has 0 aliphatic carbocycles. The summed E-state index contributed by atoms with van der Waals surface area (Å²) in [6, 6.07) is 0. The van der Waals surface area contributed by atoms with Crippen LogP contribution in [0.2, 0.25) is 0 Å². The second-order valence-corrected chi connectivity index (χ2v) is 4.47. The van der Waals surface area contributed by atoms with Crippen molar-refractivity contribution in [1.29, 1.82) is 0 Å². The van der Waals surface area contributed by atoms with Gasteiger partial charge in [-0.05, 0) is 20.3 Å². The van der Waals surface area contributed by atoms with Crippen LogP contribution >= 0.6 is 0 Å². The number of hydrogen-bond acceptors (Lipinski definition) is 4. The predicted molar refractivity (Wildman–Crippen MR) is 66.6 cm³/mol. The molecule has 1 aliphatic heterocycles. The molecule has 4 N–H and O–H groups in total. The molecule has 1 aliphatic rings. The van der Waals surface area contributed by atoms with Crippen LogP contribution in [0.15, 0.2) is 0 Å². The Hall–Kier alpha value is -1.72. The zero-order valence-corrected chi connectivity index (χ0v) is 10.3. The molecule has 0 saturated carbocycles. The standard InChI is InChI=1S/C11H19N5O/c1-3-16-11(9(12)7(2)14-16)15-5-4-8(6-15)10(13)17/h8H,3-6,12H2,1-2H3,(H2,13,17). The smallest absolute Gasteiger partial charge is 0.222 e. The molecule has 0 radical (unpaired) electrons. The monoisotopic (exact) mass is 237 g/mol. The highest BCUT2D eigenvalue weighted by molar-refractivity contribution is 5.79. The Morgan fingerprint density at radius 2 is 2.29 bits per heavy atom. The fourth-order valence-electron chi connectivity index (χ4n) is 2.32. The molecule has 17 heavy (non-hydrogen) atoms. The Labute approximate surface area is 101 Å². The number of primary amides is 1. The van der Waals surface area contributed by atoms with E-state index in [1.807, 2.05) is 18.5 Å². The molecule has 94 valence electrons. The Bertz CT molecular complexity index is 439. The van der Waals surface area contributed by atoms with Crippen LogP contribution in [0.25, 0.3) is 0 Å². The van der Waals surface area contributed by atoms with Crippen LogP contribution in [0.1, 0.15) is 19.0 Å². The highest BCUT2D eigenvalue weighted by atomic mass is 16.1. The molecule has 6 heteroatoms. The Balaban J connectivity index is 2.26. The first-order valence-corrected chi connectivity index (χ1v) is 5.91. The third-order valence-electron chi connectivity index (χ3n) is 3.34. The summed E-state index contributed by atoms with van der Waals surface area (Å²) in [6.07, 6.45) is 0.794. The summed E-state index contributed by atoms with van der Waals surface area (Å²) in [5.41, 5.74) is 12.9. The normalized spacial score (nSPS) is 19.9. The fraction of sp³-hybridized carbons (Fsp3) is 0.636. The molecule has 2 heterocycles. The summed E-state index contributed by atoms with van der Waals surface area (Å²) in [7, 11) is 0. The number of rotatable bonds is 3. The van der Waals surface area contributed by atoms with E-state index in [1.54, 1.807) is 0 Å². The van der Waals surface area contributed by atoms with E-state index in [1.165, 1.54) is 0 Å². The van der Waals surface area contributed by atoms with E-state index < -0.39 is 0 Å². The fourth-order valence-corrected chi connectivity index (χ4v) is 2.32. The van der Waals surface area contributed by atoms with Gasteiger partial charge in [-0.2, -0.15) is 5.10 Å². The van der Waals surface area contributed by atoms with E-state index in [9.17, 15) is 4.79 Å². The zero-order chi connectivity index (χ0) is 12.6. The van der Waals surface area contributed by atoms with Crippen molar-refractivity contribution in [1.82, 2.24) is 9.78 Å².